The lowest BCUT2D eigenvalue weighted by molar-refractivity contribution is 0.941. The van der Waals surface area contributed by atoms with E-state index in [0.29, 0.717) is 0 Å². The van der Waals surface area contributed by atoms with E-state index in [0.717, 1.165) is 35.9 Å². The molecule has 0 saturated carbocycles. The summed E-state index contributed by atoms with van der Waals surface area (Å²) in [5.41, 5.74) is 2.16. The molecule has 5 heteroatoms. The van der Waals surface area contributed by atoms with Gasteiger partial charge in [0.05, 0.1) is 6.20 Å². The zero-order valence-corrected chi connectivity index (χ0v) is 9.49. The SMILES string of the molecule is CCc1cc(NCc2cn[nH]c2)nc(C)n1. The molecule has 84 valence electrons. The fourth-order valence-electron chi connectivity index (χ4n) is 1.47. The molecule has 0 bridgehead atoms. The van der Waals surface area contributed by atoms with Gasteiger partial charge in [-0.1, -0.05) is 6.92 Å². The Balaban J connectivity index is 2.06. The highest BCUT2D eigenvalue weighted by Gasteiger charge is 2.00. The summed E-state index contributed by atoms with van der Waals surface area (Å²) in [6, 6.07) is 1.98. The van der Waals surface area contributed by atoms with Gasteiger partial charge >= 0.3 is 0 Å². The van der Waals surface area contributed by atoms with Gasteiger partial charge in [-0.3, -0.25) is 5.10 Å². The summed E-state index contributed by atoms with van der Waals surface area (Å²) in [7, 11) is 0. The molecule has 0 fully saturated rings. The van der Waals surface area contributed by atoms with Gasteiger partial charge in [0.15, 0.2) is 0 Å². The number of nitrogens with zero attached hydrogens (tertiary/aromatic N) is 3. The van der Waals surface area contributed by atoms with E-state index in [-0.39, 0.29) is 0 Å². The summed E-state index contributed by atoms with van der Waals surface area (Å²) in [5, 5.41) is 9.92. The van der Waals surface area contributed by atoms with Gasteiger partial charge in [-0.2, -0.15) is 5.10 Å². The molecule has 0 aliphatic carbocycles. The molecule has 0 radical (unpaired) electrons. The predicted octanol–water partition coefficient (Wildman–Crippen LogP) is 1.68. The van der Waals surface area contributed by atoms with E-state index in [9.17, 15) is 0 Å². The van der Waals surface area contributed by atoms with Crippen LogP contribution in [0.3, 0.4) is 0 Å². The van der Waals surface area contributed by atoms with Crippen LogP contribution < -0.4 is 5.32 Å². The Morgan fingerprint density at radius 1 is 1.38 bits per heavy atom. The first-order chi connectivity index (χ1) is 7.78. The number of nitrogens with one attached hydrogen (secondary N) is 2. The van der Waals surface area contributed by atoms with Gasteiger partial charge in [0.2, 0.25) is 0 Å². The first-order valence-electron chi connectivity index (χ1n) is 5.34. The minimum Gasteiger partial charge on any atom is -0.366 e. The Morgan fingerprint density at radius 3 is 2.94 bits per heavy atom. The Kier molecular flexibility index (Phi) is 3.14. The van der Waals surface area contributed by atoms with Gasteiger partial charge in [-0.05, 0) is 13.3 Å². The molecule has 0 amide bonds. The molecular formula is C11H15N5. The van der Waals surface area contributed by atoms with Crippen molar-refractivity contribution in [3.63, 3.8) is 0 Å². The number of aromatic nitrogens is 4. The first kappa shape index (κ1) is 10.6. The molecule has 16 heavy (non-hydrogen) atoms. The number of hydrogen-bond donors (Lipinski definition) is 2. The minimum atomic E-state index is 0.718. The first-order valence-corrected chi connectivity index (χ1v) is 5.34. The summed E-state index contributed by atoms with van der Waals surface area (Å²) in [6.07, 6.45) is 4.58. The molecule has 0 atom stereocenters. The highest BCUT2D eigenvalue weighted by molar-refractivity contribution is 5.36. The van der Waals surface area contributed by atoms with Crippen molar-refractivity contribution >= 4 is 5.82 Å². The molecule has 0 unspecified atom stereocenters. The summed E-state index contributed by atoms with van der Waals surface area (Å²) in [6.45, 7) is 4.71. The van der Waals surface area contributed by atoms with E-state index < -0.39 is 0 Å². The summed E-state index contributed by atoms with van der Waals surface area (Å²) < 4.78 is 0. The average molecular weight is 217 g/mol. The molecule has 2 aromatic rings. The average Bonchev–Trinajstić information content (AvgIpc) is 2.78. The van der Waals surface area contributed by atoms with Gasteiger partial charge in [0.25, 0.3) is 0 Å². The Hall–Kier alpha value is -1.91. The highest BCUT2D eigenvalue weighted by Crippen LogP contribution is 2.08. The second-order valence-electron chi connectivity index (χ2n) is 3.61. The van der Waals surface area contributed by atoms with Gasteiger partial charge < -0.3 is 5.32 Å². The quantitative estimate of drug-likeness (QED) is 0.817. The van der Waals surface area contributed by atoms with Gasteiger partial charge in [0.1, 0.15) is 11.6 Å². The maximum atomic E-state index is 4.33. The van der Waals surface area contributed by atoms with Crippen LogP contribution in [0.5, 0.6) is 0 Å². The lowest BCUT2D eigenvalue weighted by Crippen LogP contribution is -2.04. The second kappa shape index (κ2) is 4.74. The van der Waals surface area contributed by atoms with Crippen LogP contribution in [-0.4, -0.2) is 20.2 Å². The summed E-state index contributed by atoms with van der Waals surface area (Å²) in [4.78, 5) is 8.66. The van der Waals surface area contributed by atoms with Crippen molar-refractivity contribution in [1.29, 1.82) is 0 Å². The second-order valence-corrected chi connectivity index (χ2v) is 3.61. The molecule has 0 aromatic carbocycles. The molecular weight excluding hydrogens is 202 g/mol. The largest absolute Gasteiger partial charge is 0.366 e. The van der Waals surface area contributed by atoms with Crippen LogP contribution in [-0.2, 0) is 13.0 Å². The van der Waals surface area contributed by atoms with Gasteiger partial charge in [-0.15, -0.1) is 0 Å². The Bertz CT molecular complexity index is 449. The molecule has 2 aromatic heterocycles. The lowest BCUT2D eigenvalue weighted by Gasteiger charge is -2.06. The normalized spacial score (nSPS) is 10.4. The molecule has 0 saturated heterocycles. The van der Waals surface area contributed by atoms with Crippen molar-refractivity contribution in [2.45, 2.75) is 26.8 Å². The minimum absolute atomic E-state index is 0.718. The summed E-state index contributed by atoms with van der Waals surface area (Å²) >= 11 is 0. The lowest BCUT2D eigenvalue weighted by atomic mass is 10.3. The third-order valence-corrected chi connectivity index (χ3v) is 2.28. The molecule has 5 nitrogen and oxygen atoms in total. The van der Waals surface area contributed by atoms with Crippen LogP contribution in [0.25, 0.3) is 0 Å². The van der Waals surface area contributed by atoms with Crippen molar-refractivity contribution in [2.24, 2.45) is 0 Å². The third kappa shape index (κ3) is 2.56. The molecule has 2 N–H and O–H groups in total. The van der Waals surface area contributed by atoms with Crippen LogP contribution in [0.4, 0.5) is 5.82 Å². The van der Waals surface area contributed by atoms with E-state index in [1.165, 1.54) is 0 Å². The Labute approximate surface area is 94.3 Å². The molecule has 0 spiro atoms. The molecule has 2 heterocycles. The fraction of sp³-hybridized carbons (Fsp3) is 0.364. The van der Waals surface area contributed by atoms with E-state index in [1.54, 1.807) is 6.20 Å². The number of hydrogen-bond acceptors (Lipinski definition) is 4. The monoisotopic (exact) mass is 217 g/mol. The van der Waals surface area contributed by atoms with Crippen molar-refractivity contribution in [1.82, 2.24) is 20.2 Å². The topological polar surface area (TPSA) is 66.5 Å². The van der Waals surface area contributed by atoms with Crippen molar-refractivity contribution < 1.29 is 0 Å². The standard InChI is InChI=1S/C11H15N5/c1-3-10-4-11(16-8(2)15-10)12-5-9-6-13-14-7-9/h4,6-7H,3,5H2,1-2H3,(H,13,14)(H,12,15,16). The van der Waals surface area contributed by atoms with Crippen LogP contribution in [0.15, 0.2) is 18.5 Å². The van der Waals surface area contributed by atoms with Crippen LogP contribution >= 0.6 is 0 Å². The third-order valence-electron chi connectivity index (χ3n) is 2.28. The molecule has 2 rings (SSSR count). The molecule has 0 aliphatic heterocycles. The number of H-pyrrole nitrogens is 1. The van der Waals surface area contributed by atoms with Crippen molar-refractivity contribution in [2.75, 3.05) is 5.32 Å². The van der Waals surface area contributed by atoms with Crippen molar-refractivity contribution in [3.05, 3.63) is 35.5 Å². The predicted molar refractivity (Wildman–Crippen MR) is 62.1 cm³/mol. The maximum Gasteiger partial charge on any atom is 0.130 e. The number of anilines is 1. The van der Waals surface area contributed by atoms with Crippen LogP contribution in [0.1, 0.15) is 24.0 Å². The zero-order chi connectivity index (χ0) is 11.4. The van der Waals surface area contributed by atoms with Crippen LogP contribution in [0, 0.1) is 6.92 Å². The van der Waals surface area contributed by atoms with Gasteiger partial charge in [-0.25, -0.2) is 9.97 Å². The van der Waals surface area contributed by atoms with Crippen molar-refractivity contribution in [3.8, 4) is 0 Å². The number of aromatic amines is 1. The highest BCUT2D eigenvalue weighted by atomic mass is 15.1. The van der Waals surface area contributed by atoms with E-state index >= 15 is 0 Å². The number of rotatable bonds is 4. The van der Waals surface area contributed by atoms with E-state index in [1.807, 2.05) is 19.2 Å². The summed E-state index contributed by atoms with van der Waals surface area (Å²) in [5.74, 6) is 1.67. The smallest absolute Gasteiger partial charge is 0.130 e. The van der Waals surface area contributed by atoms with Gasteiger partial charge in [0, 0.05) is 30.1 Å². The van der Waals surface area contributed by atoms with E-state index in [2.05, 4.69) is 32.4 Å². The zero-order valence-electron chi connectivity index (χ0n) is 9.49. The Morgan fingerprint density at radius 2 is 2.25 bits per heavy atom. The van der Waals surface area contributed by atoms with E-state index in [4.69, 9.17) is 0 Å². The van der Waals surface area contributed by atoms with Crippen LogP contribution in [0.2, 0.25) is 0 Å². The number of aryl methyl sites for hydroxylation is 2. The molecule has 0 aliphatic rings. The maximum absolute atomic E-state index is 4.33. The fourth-order valence-corrected chi connectivity index (χ4v) is 1.47.